The number of nitrogens with one attached hydrogen (secondary N) is 1. The van der Waals surface area contributed by atoms with Crippen LogP contribution in [0.1, 0.15) is 22.7 Å². The van der Waals surface area contributed by atoms with Crippen molar-refractivity contribution in [2.24, 2.45) is 0 Å². The van der Waals surface area contributed by atoms with E-state index >= 15 is 0 Å². The molecule has 1 aromatic carbocycles. The van der Waals surface area contributed by atoms with E-state index in [1.165, 1.54) is 0 Å². The van der Waals surface area contributed by atoms with Crippen LogP contribution in [0.2, 0.25) is 0 Å². The number of carbonyl (C=O) groups is 1. The van der Waals surface area contributed by atoms with Crippen LogP contribution in [-0.4, -0.2) is 19.6 Å². The number of benzene rings is 1. The number of amides is 1. The highest BCUT2D eigenvalue weighted by Crippen LogP contribution is 2.28. The van der Waals surface area contributed by atoms with Crippen molar-refractivity contribution < 1.29 is 18.4 Å². The first-order chi connectivity index (χ1) is 10.8. The Bertz CT molecular complexity index is 758. The molecule has 0 aliphatic heterocycles. The number of aryl methyl sites for hydroxylation is 1. The molecule has 0 radical (unpaired) electrons. The summed E-state index contributed by atoms with van der Waals surface area (Å²) in [5.41, 5.74) is 0.589. The Hall–Kier alpha value is -2.69. The van der Waals surface area contributed by atoms with Gasteiger partial charge in [0.15, 0.2) is 17.1 Å². The fraction of sp³-hybridized carbons (Fsp3) is 0.235. The molecule has 0 bridgehead atoms. The molecule has 0 aliphatic rings. The fourth-order valence-electron chi connectivity index (χ4n) is 2.32. The van der Waals surface area contributed by atoms with Crippen LogP contribution in [0.3, 0.4) is 0 Å². The summed E-state index contributed by atoms with van der Waals surface area (Å²) >= 11 is 0. The molecule has 0 saturated carbocycles. The van der Waals surface area contributed by atoms with Gasteiger partial charge in [-0.05, 0) is 30.7 Å². The van der Waals surface area contributed by atoms with Gasteiger partial charge in [0.05, 0.1) is 13.4 Å². The number of furan rings is 2. The van der Waals surface area contributed by atoms with Crippen molar-refractivity contribution in [1.29, 1.82) is 0 Å². The van der Waals surface area contributed by atoms with Crippen LogP contribution in [0.15, 0.2) is 51.5 Å². The maximum Gasteiger partial charge on any atom is 0.287 e. The molecule has 2 aromatic heterocycles. The van der Waals surface area contributed by atoms with Crippen molar-refractivity contribution in [2.75, 3.05) is 13.7 Å². The van der Waals surface area contributed by atoms with E-state index in [1.54, 1.807) is 25.5 Å². The Morgan fingerprint density at radius 2 is 2.18 bits per heavy atom. The van der Waals surface area contributed by atoms with Gasteiger partial charge in [-0.1, -0.05) is 12.1 Å². The van der Waals surface area contributed by atoms with Crippen molar-refractivity contribution in [3.8, 4) is 5.75 Å². The molecule has 0 unspecified atom stereocenters. The summed E-state index contributed by atoms with van der Waals surface area (Å²) in [5, 5.41) is 3.69. The van der Waals surface area contributed by atoms with Crippen LogP contribution < -0.4 is 10.1 Å². The van der Waals surface area contributed by atoms with Crippen molar-refractivity contribution >= 4 is 16.9 Å². The normalized spacial score (nSPS) is 10.8. The van der Waals surface area contributed by atoms with Gasteiger partial charge in [-0.25, -0.2) is 0 Å². The minimum absolute atomic E-state index is 0.224. The number of hydrogen-bond donors (Lipinski definition) is 1. The number of methoxy groups -OCH3 is 1. The number of rotatable bonds is 6. The van der Waals surface area contributed by atoms with Crippen molar-refractivity contribution in [1.82, 2.24) is 5.32 Å². The number of carbonyl (C=O) groups excluding carboxylic acids is 1. The summed E-state index contributed by atoms with van der Waals surface area (Å²) in [6.07, 6.45) is 3.25. The molecular weight excluding hydrogens is 282 g/mol. The molecule has 1 amide bonds. The second-order valence-electron chi connectivity index (χ2n) is 4.93. The summed E-state index contributed by atoms with van der Waals surface area (Å²) in [7, 11) is 1.58. The van der Waals surface area contributed by atoms with Crippen molar-refractivity contribution in [3.63, 3.8) is 0 Å². The lowest BCUT2D eigenvalue weighted by Gasteiger charge is -2.02. The molecular formula is C17H17NO4. The van der Waals surface area contributed by atoms with E-state index in [2.05, 4.69) is 5.32 Å². The SMILES string of the molecule is COc1cccc2cc(C(=O)NCCCc3ccco3)oc12. The Labute approximate surface area is 127 Å². The summed E-state index contributed by atoms with van der Waals surface area (Å²) in [5.74, 6) is 1.60. The molecule has 5 heteroatoms. The second-order valence-corrected chi connectivity index (χ2v) is 4.93. The first-order valence-corrected chi connectivity index (χ1v) is 7.15. The van der Waals surface area contributed by atoms with E-state index in [0.29, 0.717) is 17.9 Å². The van der Waals surface area contributed by atoms with E-state index in [4.69, 9.17) is 13.6 Å². The number of fused-ring (bicyclic) bond motifs is 1. The van der Waals surface area contributed by atoms with Gasteiger partial charge >= 0.3 is 0 Å². The van der Waals surface area contributed by atoms with Crippen molar-refractivity contribution in [3.05, 3.63) is 54.2 Å². The lowest BCUT2D eigenvalue weighted by atomic mass is 10.2. The maximum atomic E-state index is 12.1. The Morgan fingerprint density at radius 3 is 2.95 bits per heavy atom. The van der Waals surface area contributed by atoms with Gasteiger partial charge in [0.25, 0.3) is 5.91 Å². The summed E-state index contributed by atoms with van der Waals surface area (Å²) in [4.78, 5) is 12.1. The summed E-state index contributed by atoms with van der Waals surface area (Å²) in [6, 6.07) is 11.1. The zero-order valence-corrected chi connectivity index (χ0v) is 12.3. The van der Waals surface area contributed by atoms with Crippen LogP contribution in [0.25, 0.3) is 11.0 Å². The number of para-hydroxylation sites is 1. The molecule has 2 heterocycles. The topological polar surface area (TPSA) is 64.6 Å². The average Bonchev–Trinajstić information content (AvgIpc) is 3.19. The third-order valence-corrected chi connectivity index (χ3v) is 3.42. The Morgan fingerprint density at radius 1 is 1.27 bits per heavy atom. The minimum Gasteiger partial charge on any atom is -0.493 e. The Kier molecular flexibility index (Phi) is 4.14. The van der Waals surface area contributed by atoms with Gasteiger partial charge in [-0.2, -0.15) is 0 Å². The smallest absolute Gasteiger partial charge is 0.287 e. The van der Waals surface area contributed by atoms with Crippen LogP contribution in [-0.2, 0) is 6.42 Å². The lowest BCUT2D eigenvalue weighted by molar-refractivity contribution is 0.0927. The first-order valence-electron chi connectivity index (χ1n) is 7.15. The molecule has 3 aromatic rings. The third kappa shape index (κ3) is 2.98. The molecule has 1 N–H and O–H groups in total. The highest BCUT2D eigenvalue weighted by Gasteiger charge is 2.14. The van der Waals surface area contributed by atoms with Gasteiger partial charge in [0.2, 0.25) is 0 Å². The standard InChI is InChI=1S/C17H17NO4/c1-20-14-8-2-5-12-11-15(22-16(12)14)17(19)18-9-3-6-13-7-4-10-21-13/h2,4-5,7-8,10-11H,3,6,9H2,1H3,(H,18,19). The fourth-order valence-corrected chi connectivity index (χ4v) is 2.32. The lowest BCUT2D eigenvalue weighted by Crippen LogP contribution is -2.24. The van der Waals surface area contributed by atoms with Crippen molar-refractivity contribution in [2.45, 2.75) is 12.8 Å². The predicted molar refractivity (Wildman–Crippen MR) is 82.1 cm³/mol. The molecule has 114 valence electrons. The molecule has 0 saturated heterocycles. The van der Waals surface area contributed by atoms with Crippen LogP contribution in [0.4, 0.5) is 0 Å². The monoisotopic (exact) mass is 299 g/mol. The van der Waals surface area contributed by atoms with Gasteiger partial charge in [0.1, 0.15) is 5.76 Å². The number of hydrogen-bond acceptors (Lipinski definition) is 4. The summed E-state index contributed by atoms with van der Waals surface area (Å²) < 4.78 is 16.1. The molecule has 0 atom stereocenters. The number of ether oxygens (including phenoxy) is 1. The molecule has 0 aliphatic carbocycles. The van der Waals surface area contributed by atoms with E-state index in [9.17, 15) is 4.79 Å². The minimum atomic E-state index is -0.224. The average molecular weight is 299 g/mol. The van der Waals surface area contributed by atoms with Crippen LogP contribution in [0, 0.1) is 0 Å². The van der Waals surface area contributed by atoms with Gasteiger partial charge < -0.3 is 18.9 Å². The maximum absolute atomic E-state index is 12.1. The zero-order chi connectivity index (χ0) is 15.4. The van der Waals surface area contributed by atoms with Gasteiger partial charge in [-0.15, -0.1) is 0 Å². The largest absolute Gasteiger partial charge is 0.493 e. The van der Waals surface area contributed by atoms with Crippen LogP contribution >= 0.6 is 0 Å². The van der Waals surface area contributed by atoms with E-state index < -0.39 is 0 Å². The molecule has 5 nitrogen and oxygen atoms in total. The predicted octanol–water partition coefficient (Wildman–Crippen LogP) is 3.40. The molecule has 3 rings (SSSR count). The molecule has 0 fully saturated rings. The molecule has 0 spiro atoms. The first kappa shape index (κ1) is 14.3. The quantitative estimate of drug-likeness (QED) is 0.708. The third-order valence-electron chi connectivity index (χ3n) is 3.42. The zero-order valence-electron chi connectivity index (χ0n) is 12.3. The van der Waals surface area contributed by atoms with Gasteiger partial charge in [-0.3, -0.25) is 4.79 Å². The second kappa shape index (κ2) is 6.39. The Balaban J connectivity index is 1.60. The molecule has 22 heavy (non-hydrogen) atoms. The van der Waals surface area contributed by atoms with E-state index in [0.717, 1.165) is 24.0 Å². The highest BCUT2D eigenvalue weighted by atomic mass is 16.5. The van der Waals surface area contributed by atoms with Crippen LogP contribution in [0.5, 0.6) is 5.75 Å². The summed E-state index contributed by atoms with van der Waals surface area (Å²) in [6.45, 7) is 0.563. The highest BCUT2D eigenvalue weighted by molar-refractivity contribution is 5.97. The van der Waals surface area contributed by atoms with Gasteiger partial charge in [0, 0.05) is 18.4 Å². The van der Waals surface area contributed by atoms with E-state index in [1.807, 2.05) is 24.3 Å². The van der Waals surface area contributed by atoms with E-state index in [-0.39, 0.29) is 11.7 Å².